The van der Waals surface area contributed by atoms with Crippen LogP contribution in [0.1, 0.15) is 32.1 Å². The summed E-state index contributed by atoms with van der Waals surface area (Å²) in [6.45, 7) is 2.44. The van der Waals surface area contributed by atoms with Gasteiger partial charge in [-0.25, -0.2) is 0 Å². The van der Waals surface area contributed by atoms with Crippen LogP contribution in [0.2, 0.25) is 0 Å². The van der Waals surface area contributed by atoms with Gasteiger partial charge in [0.25, 0.3) is 0 Å². The van der Waals surface area contributed by atoms with Crippen LogP contribution >= 0.6 is 12.4 Å². The molecule has 2 N–H and O–H groups in total. The predicted octanol–water partition coefficient (Wildman–Crippen LogP) is 0.287. The molecule has 0 spiro atoms. The average Bonchev–Trinajstić information content (AvgIpc) is 2.91. The van der Waals surface area contributed by atoms with Gasteiger partial charge >= 0.3 is 0 Å². The fourth-order valence-electron chi connectivity index (χ4n) is 2.93. The summed E-state index contributed by atoms with van der Waals surface area (Å²) < 4.78 is 0. The van der Waals surface area contributed by atoms with Gasteiger partial charge in [-0.05, 0) is 38.6 Å². The van der Waals surface area contributed by atoms with Gasteiger partial charge in [0.1, 0.15) is 6.04 Å². The first kappa shape index (κ1) is 14.6. The molecule has 19 heavy (non-hydrogen) atoms. The summed E-state index contributed by atoms with van der Waals surface area (Å²) in [6, 6.07) is 0.168. The van der Waals surface area contributed by atoms with Gasteiger partial charge in [0.05, 0.1) is 5.92 Å². The van der Waals surface area contributed by atoms with Crippen molar-refractivity contribution in [3.05, 3.63) is 0 Å². The van der Waals surface area contributed by atoms with Gasteiger partial charge < -0.3 is 15.5 Å². The molecule has 3 fully saturated rings. The predicted molar refractivity (Wildman–Crippen MR) is 74.1 cm³/mol. The topological polar surface area (TPSA) is 61.4 Å². The van der Waals surface area contributed by atoms with E-state index in [9.17, 15) is 9.59 Å². The first-order valence-electron chi connectivity index (χ1n) is 7.07. The van der Waals surface area contributed by atoms with E-state index >= 15 is 0 Å². The number of amides is 2. The van der Waals surface area contributed by atoms with Crippen molar-refractivity contribution < 1.29 is 9.59 Å². The number of carbonyl (C=O) groups excluding carboxylic acids is 2. The lowest BCUT2D eigenvalue weighted by atomic mass is 10.1. The van der Waals surface area contributed by atoms with E-state index in [1.165, 1.54) is 0 Å². The van der Waals surface area contributed by atoms with Gasteiger partial charge in [0, 0.05) is 19.1 Å². The minimum absolute atomic E-state index is 0. The van der Waals surface area contributed by atoms with Crippen molar-refractivity contribution in [2.24, 2.45) is 5.92 Å². The summed E-state index contributed by atoms with van der Waals surface area (Å²) in [7, 11) is 0. The quantitative estimate of drug-likeness (QED) is 0.784. The van der Waals surface area contributed by atoms with Crippen LogP contribution in [-0.4, -0.2) is 48.4 Å². The number of nitrogens with zero attached hydrogens (tertiary/aromatic N) is 1. The Morgan fingerprint density at radius 3 is 2.58 bits per heavy atom. The minimum Gasteiger partial charge on any atom is -0.352 e. The lowest BCUT2D eigenvalue weighted by Gasteiger charge is -2.26. The van der Waals surface area contributed by atoms with E-state index in [0.717, 1.165) is 51.7 Å². The van der Waals surface area contributed by atoms with Crippen LogP contribution in [0.5, 0.6) is 0 Å². The molecular formula is C13H22ClN3O2. The van der Waals surface area contributed by atoms with Crippen LogP contribution in [0.25, 0.3) is 0 Å². The van der Waals surface area contributed by atoms with Crippen molar-refractivity contribution in [3.63, 3.8) is 0 Å². The van der Waals surface area contributed by atoms with Gasteiger partial charge in [-0.15, -0.1) is 12.4 Å². The smallest absolute Gasteiger partial charge is 0.243 e. The molecule has 2 atom stereocenters. The van der Waals surface area contributed by atoms with E-state index in [4.69, 9.17) is 0 Å². The highest BCUT2D eigenvalue weighted by atomic mass is 35.5. The van der Waals surface area contributed by atoms with E-state index in [2.05, 4.69) is 10.6 Å². The molecule has 3 aliphatic rings. The first-order chi connectivity index (χ1) is 8.75. The molecule has 5 nitrogen and oxygen atoms in total. The number of rotatable bonds is 3. The number of carbonyl (C=O) groups is 2. The Balaban J connectivity index is 0.00000133. The van der Waals surface area contributed by atoms with Crippen molar-refractivity contribution in [1.29, 1.82) is 0 Å². The fraction of sp³-hybridized carbons (Fsp3) is 0.846. The largest absolute Gasteiger partial charge is 0.352 e. The van der Waals surface area contributed by atoms with E-state index in [1.54, 1.807) is 0 Å². The monoisotopic (exact) mass is 287 g/mol. The maximum absolute atomic E-state index is 12.4. The molecule has 2 aliphatic heterocycles. The summed E-state index contributed by atoms with van der Waals surface area (Å²) in [5, 5.41) is 6.24. The number of nitrogens with one attached hydrogen (secondary N) is 2. The van der Waals surface area contributed by atoms with Gasteiger partial charge in [-0.2, -0.15) is 0 Å². The van der Waals surface area contributed by atoms with Crippen LogP contribution in [0, 0.1) is 5.92 Å². The molecule has 2 heterocycles. The van der Waals surface area contributed by atoms with Gasteiger partial charge in [0.2, 0.25) is 11.8 Å². The molecule has 1 saturated carbocycles. The van der Waals surface area contributed by atoms with E-state index < -0.39 is 0 Å². The summed E-state index contributed by atoms with van der Waals surface area (Å²) in [5.74, 6) is 0.321. The van der Waals surface area contributed by atoms with Crippen LogP contribution in [0.3, 0.4) is 0 Å². The maximum Gasteiger partial charge on any atom is 0.243 e. The molecule has 2 amide bonds. The third kappa shape index (κ3) is 3.20. The Labute approximate surface area is 119 Å². The second-order valence-electron chi connectivity index (χ2n) is 5.66. The Morgan fingerprint density at radius 1 is 1.16 bits per heavy atom. The maximum atomic E-state index is 12.4. The lowest BCUT2D eigenvalue weighted by molar-refractivity contribution is -0.141. The SMILES string of the molecule is Cl.O=C(NC1CC1)C1CCCN1C(=O)C1CCNC1. The highest BCUT2D eigenvalue weighted by Gasteiger charge is 2.39. The summed E-state index contributed by atoms with van der Waals surface area (Å²) in [4.78, 5) is 26.3. The van der Waals surface area contributed by atoms with Crippen LogP contribution in [0.15, 0.2) is 0 Å². The van der Waals surface area contributed by atoms with Crippen molar-refractivity contribution in [2.75, 3.05) is 19.6 Å². The van der Waals surface area contributed by atoms with E-state index in [0.29, 0.717) is 6.04 Å². The van der Waals surface area contributed by atoms with Crippen LogP contribution in [0.4, 0.5) is 0 Å². The number of hydrogen-bond donors (Lipinski definition) is 2. The molecule has 1 aliphatic carbocycles. The zero-order chi connectivity index (χ0) is 12.5. The van der Waals surface area contributed by atoms with Crippen LogP contribution < -0.4 is 10.6 Å². The molecule has 2 saturated heterocycles. The Morgan fingerprint density at radius 2 is 1.95 bits per heavy atom. The molecule has 0 radical (unpaired) electrons. The van der Waals surface area contributed by atoms with Crippen molar-refractivity contribution in [1.82, 2.24) is 15.5 Å². The highest BCUT2D eigenvalue weighted by molar-refractivity contribution is 5.89. The minimum atomic E-state index is -0.210. The Kier molecular flexibility index (Phi) is 4.68. The molecule has 2 unspecified atom stereocenters. The summed E-state index contributed by atoms with van der Waals surface area (Å²) >= 11 is 0. The van der Waals surface area contributed by atoms with Gasteiger partial charge in [0.15, 0.2) is 0 Å². The van der Waals surface area contributed by atoms with Gasteiger partial charge in [-0.3, -0.25) is 9.59 Å². The number of likely N-dealkylation sites (tertiary alicyclic amines) is 1. The Hall–Kier alpha value is -0.810. The Bertz CT molecular complexity index is 354. The van der Waals surface area contributed by atoms with Crippen molar-refractivity contribution in [2.45, 2.75) is 44.2 Å². The highest BCUT2D eigenvalue weighted by Crippen LogP contribution is 2.24. The molecule has 3 rings (SSSR count). The molecule has 0 bridgehead atoms. The normalized spacial score (nSPS) is 30.0. The molecule has 0 aromatic carbocycles. The lowest BCUT2D eigenvalue weighted by Crippen LogP contribution is -2.48. The average molecular weight is 288 g/mol. The van der Waals surface area contributed by atoms with E-state index in [-0.39, 0.29) is 36.2 Å². The summed E-state index contributed by atoms with van der Waals surface area (Å²) in [6.07, 6.45) is 4.88. The summed E-state index contributed by atoms with van der Waals surface area (Å²) in [5.41, 5.74) is 0. The standard InChI is InChI=1S/C13H21N3O2.ClH/c17-12(15-10-3-4-10)11-2-1-7-16(11)13(18)9-5-6-14-8-9;/h9-11,14H,1-8H2,(H,15,17);1H. The van der Waals surface area contributed by atoms with Gasteiger partial charge in [-0.1, -0.05) is 0 Å². The number of halogens is 1. The molecular weight excluding hydrogens is 266 g/mol. The van der Waals surface area contributed by atoms with E-state index in [1.807, 2.05) is 4.90 Å². The van der Waals surface area contributed by atoms with Crippen molar-refractivity contribution in [3.8, 4) is 0 Å². The van der Waals surface area contributed by atoms with Crippen molar-refractivity contribution >= 4 is 24.2 Å². The van der Waals surface area contributed by atoms with Crippen LogP contribution in [-0.2, 0) is 9.59 Å². The third-order valence-corrected chi connectivity index (χ3v) is 4.17. The molecule has 0 aromatic heterocycles. The first-order valence-corrected chi connectivity index (χ1v) is 7.07. The molecule has 6 heteroatoms. The third-order valence-electron chi connectivity index (χ3n) is 4.17. The number of hydrogen-bond acceptors (Lipinski definition) is 3. The second kappa shape index (κ2) is 6.09. The fourth-order valence-corrected chi connectivity index (χ4v) is 2.93. The zero-order valence-corrected chi connectivity index (χ0v) is 11.9. The second-order valence-corrected chi connectivity index (χ2v) is 5.66. The molecule has 0 aromatic rings. The zero-order valence-electron chi connectivity index (χ0n) is 11.1. The molecule has 108 valence electrons.